The monoisotopic (exact) mass is 413 g/mol. The van der Waals surface area contributed by atoms with E-state index in [9.17, 15) is 24.0 Å². The molecule has 0 bridgehead atoms. The average molecular weight is 413 g/mol. The number of hydrogen-bond acceptors (Lipinski definition) is 7. The van der Waals surface area contributed by atoms with E-state index in [1.54, 1.807) is 39.8 Å². The maximum absolute atomic E-state index is 13.0. The summed E-state index contributed by atoms with van der Waals surface area (Å²) in [6.07, 6.45) is 1.25. The first kappa shape index (κ1) is 21.4. The lowest BCUT2D eigenvalue weighted by Crippen LogP contribution is -2.64. The molecule has 1 fully saturated rings. The molecule has 2 atom stereocenters. The Balaban J connectivity index is 2.02. The van der Waals surface area contributed by atoms with Gasteiger partial charge in [-0.2, -0.15) is 0 Å². The molecule has 1 aromatic carbocycles. The Morgan fingerprint density at radius 2 is 1.70 bits per heavy atom. The number of likely N-dealkylation sites (tertiary alicyclic amines) is 1. The molecule has 0 N–H and O–H groups in total. The Kier molecular flexibility index (Phi) is 5.61. The largest absolute Gasteiger partial charge is 0.462 e. The Morgan fingerprint density at radius 3 is 2.30 bits per heavy atom. The number of carbonyl (C=O) groups is 5. The summed E-state index contributed by atoms with van der Waals surface area (Å²) in [4.78, 5) is 64.6. The summed E-state index contributed by atoms with van der Waals surface area (Å²) in [5.74, 6) is -4.35. The summed E-state index contributed by atoms with van der Waals surface area (Å²) in [6, 6.07) is 5.11. The number of amides is 1. The molecular weight excluding hydrogens is 390 g/mol. The first-order valence-electron chi connectivity index (χ1n) is 9.64. The molecule has 1 saturated heterocycles. The average Bonchev–Trinajstić information content (AvgIpc) is 2.66. The van der Waals surface area contributed by atoms with E-state index in [1.165, 1.54) is 18.2 Å². The first-order chi connectivity index (χ1) is 14.0. The number of esters is 2. The number of benzene rings is 1. The third-order valence-corrected chi connectivity index (χ3v) is 4.77. The van der Waals surface area contributed by atoms with Gasteiger partial charge in [0.1, 0.15) is 23.6 Å². The molecule has 1 aromatic rings. The van der Waals surface area contributed by atoms with Gasteiger partial charge in [-0.15, -0.1) is 0 Å². The van der Waals surface area contributed by atoms with E-state index in [2.05, 4.69) is 0 Å². The molecule has 0 radical (unpaired) electrons. The third-order valence-electron chi connectivity index (χ3n) is 4.77. The number of β-lactam (4-membered cyclic amide) rings is 1. The van der Waals surface area contributed by atoms with Gasteiger partial charge in [-0.25, -0.2) is 4.79 Å². The highest BCUT2D eigenvalue weighted by Crippen LogP contribution is 2.35. The zero-order valence-electron chi connectivity index (χ0n) is 17.3. The highest BCUT2D eigenvalue weighted by molar-refractivity contribution is 6.29. The number of fused-ring (bicyclic) bond motifs is 2. The molecule has 2 aliphatic rings. The summed E-state index contributed by atoms with van der Waals surface area (Å²) in [5.41, 5.74) is -0.910. The molecule has 1 heterocycles. The van der Waals surface area contributed by atoms with Gasteiger partial charge in [0.2, 0.25) is 11.7 Å². The molecular formula is C22H23NO7. The minimum atomic E-state index is -1.12. The van der Waals surface area contributed by atoms with E-state index in [0.717, 1.165) is 4.90 Å². The highest BCUT2D eigenvalue weighted by atomic mass is 16.6. The molecule has 0 spiro atoms. The van der Waals surface area contributed by atoms with E-state index in [-0.39, 0.29) is 23.3 Å². The van der Waals surface area contributed by atoms with Gasteiger partial charge >= 0.3 is 11.9 Å². The Morgan fingerprint density at radius 1 is 1.07 bits per heavy atom. The Labute approximate surface area is 173 Å². The normalized spacial score (nSPS) is 20.9. The van der Waals surface area contributed by atoms with Crippen molar-refractivity contribution in [2.24, 2.45) is 5.92 Å². The zero-order chi connectivity index (χ0) is 22.2. The predicted molar refractivity (Wildman–Crippen MR) is 105 cm³/mol. The standard InChI is InChI=1S/C22H23NO7/c1-5-29-21(28)14-10-15-17(19(26)13-9-7-6-8-12(13)18(14)25)20(27)23(15)11-16(24)30-22(2,3)4/h6-10,15,17H,5,11H2,1-4H3/t15-,17?/m0/s1. The summed E-state index contributed by atoms with van der Waals surface area (Å²) in [5, 5.41) is 0. The van der Waals surface area contributed by atoms with Gasteiger partial charge in [0.05, 0.1) is 12.6 Å². The minimum absolute atomic E-state index is 0.0404. The van der Waals surface area contributed by atoms with Crippen molar-refractivity contribution in [3.63, 3.8) is 0 Å². The van der Waals surface area contributed by atoms with Crippen LogP contribution in [0.25, 0.3) is 0 Å². The van der Waals surface area contributed by atoms with Crippen molar-refractivity contribution in [2.45, 2.75) is 39.3 Å². The van der Waals surface area contributed by atoms with Crippen molar-refractivity contribution in [3.05, 3.63) is 47.0 Å². The number of rotatable bonds is 4. The van der Waals surface area contributed by atoms with Crippen LogP contribution in [0.3, 0.4) is 0 Å². The van der Waals surface area contributed by atoms with E-state index < -0.39 is 53.5 Å². The van der Waals surface area contributed by atoms with Gasteiger partial charge in [-0.1, -0.05) is 24.3 Å². The fourth-order valence-electron chi connectivity index (χ4n) is 3.54. The van der Waals surface area contributed by atoms with Crippen molar-refractivity contribution in [3.8, 4) is 0 Å². The SMILES string of the molecule is CCOC(=O)C1=C[C@H]2C(C(=O)c3ccccc3C1=O)C(=O)N2CC(=O)OC(C)(C)C. The second kappa shape index (κ2) is 7.85. The number of carbonyl (C=O) groups excluding carboxylic acids is 5. The quantitative estimate of drug-likeness (QED) is 0.320. The zero-order valence-corrected chi connectivity index (χ0v) is 17.3. The van der Waals surface area contributed by atoms with Crippen molar-refractivity contribution in [1.82, 2.24) is 4.90 Å². The van der Waals surface area contributed by atoms with Crippen LogP contribution in [-0.4, -0.2) is 59.1 Å². The molecule has 1 unspecified atom stereocenters. The van der Waals surface area contributed by atoms with Crippen molar-refractivity contribution in [1.29, 1.82) is 0 Å². The van der Waals surface area contributed by atoms with Crippen LogP contribution in [0.15, 0.2) is 35.9 Å². The minimum Gasteiger partial charge on any atom is -0.462 e. The fourth-order valence-corrected chi connectivity index (χ4v) is 3.54. The lowest BCUT2D eigenvalue weighted by molar-refractivity contribution is -0.166. The van der Waals surface area contributed by atoms with E-state index in [4.69, 9.17) is 9.47 Å². The second-order valence-corrected chi connectivity index (χ2v) is 8.06. The number of ketones is 2. The number of hydrogen-bond donors (Lipinski definition) is 0. The van der Waals surface area contributed by atoms with Crippen LogP contribution in [0.5, 0.6) is 0 Å². The molecule has 0 aromatic heterocycles. The molecule has 3 rings (SSSR count). The van der Waals surface area contributed by atoms with Crippen LogP contribution in [-0.2, 0) is 23.9 Å². The lowest BCUT2D eigenvalue weighted by atomic mass is 9.76. The Bertz CT molecular complexity index is 970. The number of Topliss-reactive ketones (excluding diaryl/α,β-unsaturated/α-hetero) is 2. The predicted octanol–water partition coefficient (Wildman–Crippen LogP) is 1.72. The van der Waals surface area contributed by atoms with E-state index in [0.29, 0.717) is 0 Å². The van der Waals surface area contributed by atoms with Crippen LogP contribution >= 0.6 is 0 Å². The lowest BCUT2D eigenvalue weighted by Gasteiger charge is -2.45. The van der Waals surface area contributed by atoms with Crippen LogP contribution in [0, 0.1) is 5.92 Å². The van der Waals surface area contributed by atoms with E-state index in [1.807, 2.05) is 0 Å². The molecule has 158 valence electrons. The Hall–Kier alpha value is -3.29. The molecule has 1 amide bonds. The third kappa shape index (κ3) is 3.90. The van der Waals surface area contributed by atoms with Gasteiger partial charge < -0.3 is 14.4 Å². The van der Waals surface area contributed by atoms with Crippen LogP contribution < -0.4 is 0 Å². The fraction of sp³-hybridized carbons (Fsp3) is 0.409. The van der Waals surface area contributed by atoms with Gasteiger partial charge in [0.15, 0.2) is 5.78 Å². The molecule has 1 aliphatic carbocycles. The first-order valence-corrected chi connectivity index (χ1v) is 9.64. The molecule has 8 nitrogen and oxygen atoms in total. The van der Waals surface area contributed by atoms with Crippen molar-refractivity contribution in [2.75, 3.05) is 13.2 Å². The van der Waals surface area contributed by atoms with Crippen LogP contribution in [0.2, 0.25) is 0 Å². The topological polar surface area (TPSA) is 107 Å². The van der Waals surface area contributed by atoms with Gasteiger partial charge in [0, 0.05) is 11.1 Å². The van der Waals surface area contributed by atoms with Gasteiger partial charge in [0.25, 0.3) is 0 Å². The summed E-state index contributed by atoms with van der Waals surface area (Å²) in [7, 11) is 0. The summed E-state index contributed by atoms with van der Waals surface area (Å²) < 4.78 is 10.2. The van der Waals surface area contributed by atoms with Crippen molar-refractivity contribution < 1.29 is 33.4 Å². The highest BCUT2D eigenvalue weighted by Gasteiger charge is 2.53. The van der Waals surface area contributed by atoms with Crippen molar-refractivity contribution >= 4 is 29.4 Å². The molecule has 0 saturated carbocycles. The van der Waals surface area contributed by atoms with Gasteiger partial charge in [-0.3, -0.25) is 19.2 Å². The number of nitrogens with zero attached hydrogens (tertiary/aromatic N) is 1. The number of ether oxygens (including phenoxy) is 2. The van der Waals surface area contributed by atoms with Gasteiger partial charge in [-0.05, 0) is 33.8 Å². The summed E-state index contributed by atoms with van der Waals surface area (Å²) >= 11 is 0. The van der Waals surface area contributed by atoms with E-state index >= 15 is 0 Å². The van der Waals surface area contributed by atoms with Crippen LogP contribution in [0.1, 0.15) is 48.4 Å². The smallest absolute Gasteiger partial charge is 0.341 e. The molecule has 1 aliphatic heterocycles. The maximum Gasteiger partial charge on any atom is 0.341 e. The van der Waals surface area contributed by atoms with Crippen LogP contribution in [0.4, 0.5) is 0 Å². The molecule has 8 heteroatoms. The second-order valence-electron chi connectivity index (χ2n) is 8.06. The summed E-state index contributed by atoms with van der Waals surface area (Å²) in [6.45, 7) is 6.34. The maximum atomic E-state index is 13.0. The molecule has 30 heavy (non-hydrogen) atoms.